The summed E-state index contributed by atoms with van der Waals surface area (Å²) < 4.78 is 43.1. The molecule has 1 aliphatic carbocycles. The summed E-state index contributed by atoms with van der Waals surface area (Å²) in [5.74, 6) is -0.288. The maximum absolute atomic E-state index is 12.6. The minimum Gasteiger partial charge on any atom is -0.490 e. The second-order valence-corrected chi connectivity index (χ2v) is 4.12. The highest BCUT2D eigenvalue weighted by atomic mass is 19.4. The van der Waals surface area contributed by atoms with Crippen molar-refractivity contribution >= 4 is 5.78 Å². The maximum atomic E-state index is 12.6. The summed E-state index contributed by atoms with van der Waals surface area (Å²) in [6.45, 7) is 1.23. The van der Waals surface area contributed by atoms with E-state index in [1.54, 1.807) is 0 Å². The van der Waals surface area contributed by atoms with Crippen LogP contribution in [0.15, 0.2) is 18.2 Å². The van der Waals surface area contributed by atoms with Crippen molar-refractivity contribution in [2.24, 2.45) is 0 Å². The Bertz CT molecular complexity index is 448. The standard InChI is InChI=1S/C12H11F3O2/c1-7(16)8-4-9(12(13,14)15)6-11(5-8)17-10-2-3-10/h4-6,10H,2-3H2,1H3. The van der Waals surface area contributed by atoms with Crippen LogP contribution in [0.25, 0.3) is 0 Å². The average Bonchev–Trinajstić information content (AvgIpc) is 2.99. The molecule has 1 saturated carbocycles. The second kappa shape index (κ2) is 4.05. The van der Waals surface area contributed by atoms with Crippen molar-refractivity contribution in [1.82, 2.24) is 0 Å². The summed E-state index contributed by atoms with van der Waals surface area (Å²) in [6, 6.07) is 3.14. The topological polar surface area (TPSA) is 26.3 Å². The van der Waals surface area contributed by atoms with Crippen LogP contribution in [0.2, 0.25) is 0 Å². The van der Waals surface area contributed by atoms with Crippen LogP contribution in [0.3, 0.4) is 0 Å². The molecule has 0 bridgehead atoms. The number of carbonyl (C=O) groups excluding carboxylic acids is 1. The van der Waals surface area contributed by atoms with Gasteiger partial charge in [-0.3, -0.25) is 4.79 Å². The molecule has 2 nitrogen and oxygen atoms in total. The molecule has 1 aliphatic rings. The normalized spacial score (nSPS) is 15.8. The van der Waals surface area contributed by atoms with Crippen molar-refractivity contribution in [3.63, 3.8) is 0 Å². The molecular formula is C12H11F3O2. The number of ether oxygens (including phenoxy) is 1. The van der Waals surface area contributed by atoms with Crippen molar-refractivity contribution in [3.8, 4) is 5.75 Å². The quantitative estimate of drug-likeness (QED) is 0.761. The Kier molecular flexibility index (Phi) is 2.85. The van der Waals surface area contributed by atoms with E-state index in [0.29, 0.717) is 0 Å². The van der Waals surface area contributed by atoms with Crippen LogP contribution < -0.4 is 4.74 Å². The fourth-order valence-electron chi connectivity index (χ4n) is 1.41. The Morgan fingerprint density at radius 1 is 1.29 bits per heavy atom. The summed E-state index contributed by atoms with van der Waals surface area (Å²) in [4.78, 5) is 11.2. The third-order valence-corrected chi connectivity index (χ3v) is 2.47. The number of alkyl halides is 3. The number of hydrogen-bond donors (Lipinski definition) is 0. The summed E-state index contributed by atoms with van der Waals surface area (Å²) >= 11 is 0. The Morgan fingerprint density at radius 2 is 1.94 bits per heavy atom. The fraction of sp³-hybridized carbons (Fsp3) is 0.417. The molecule has 0 N–H and O–H groups in total. The molecule has 17 heavy (non-hydrogen) atoms. The Labute approximate surface area is 96.4 Å². The molecule has 2 rings (SSSR count). The molecule has 1 aromatic rings. The van der Waals surface area contributed by atoms with Gasteiger partial charge in [0.1, 0.15) is 5.75 Å². The Hall–Kier alpha value is -1.52. The lowest BCUT2D eigenvalue weighted by Gasteiger charge is -2.11. The second-order valence-electron chi connectivity index (χ2n) is 4.12. The molecule has 0 aromatic heterocycles. The number of ketones is 1. The monoisotopic (exact) mass is 244 g/mol. The molecule has 0 atom stereocenters. The van der Waals surface area contributed by atoms with E-state index in [9.17, 15) is 18.0 Å². The minimum absolute atomic E-state index is 0.00158. The number of hydrogen-bond acceptors (Lipinski definition) is 2. The molecule has 1 aromatic carbocycles. The zero-order chi connectivity index (χ0) is 12.6. The third-order valence-electron chi connectivity index (χ3n) is 2.47. The third kappa shape index (κ3) is 2.99. The van der Waals surface area contributed by atoms with E-state index in [0.717, 1.165) is 25.0 Å². The van der Waals surface area contributed by atoms with Gasteiger partial charge in [0.15, 0.2) is 5.78 Å². The first-order valence-electron chi connectivity index (χ1n) is 5.26. The van der Waals surface area contributed by atoms with Gasteiger partial charge in [-0.1, -0.05) is 0 Å². The molecule has 0 spiro atoms. The van der Waals surface area contributed by atoms with Crippen molar-refractivity contribution in [2.75, 3.05) is 0 Å². The molecule has 0 saturated heterocycles. The largest absolute Gasteiger partial charge is 0.490 e. The van der Waals surface area contributed by atoms with Gasteiger partial charge in [0.2, 0.25) is 0 Å². The number of halogens is 3. The Balaban J connectivity index is 2.37. The van der Waals surface area contributed by atoms with Gasteiger partial charge in [-0.05, 0) is 38.0 Å². The van der Waals surface area contributed by atoms with Gasteiger partial charge in [-0.15, -0.1) is 0 Å². The molecule has 0 amide bonds. The molecule has 1 fully saturated rings. The first kappa shape index (κ1) is 12.0. The van der Waals surface area contributed by atoms with Crippen molar-refractivity contribution in [3.05, 3.63) is 29.3 Å². The number of benzene rings is 1. The van der Waals surface area contributed by atoms with Gasteiger partial charge < -0.3 is 4.74 Å². The lowest BCUT2D eigenvalue weighted by atomic mass is 10.1. The fourth-order valence-corrected chi connectivity index (χ4v) is 1.41. The van der Waals surface area contributed by atoms with Crippen LogP contribution in [0, 0.1) is 0 Å². The molecule has 92 valence electrons. The van der Waals surface area contributed by atoms with E-state index < -0.39 is 17.5 Å². The van der Waals surface area contributed by atoms with Crippen LogP contribution >= 0.6 is 0 Å². The van der Waals surface area contributed by atoms with E-state index in [1.165, 1.54) is 13.0 Å². The molecule has 0 heterocycles. The van der Waals surface area contributed by atoms with Gasteiger partial charge in [0, 0.05) is 5.56 Å². The predicted octanol–water partition coefficient (Wildman–Crippen LogP) is 3.45. The lowest BCUT2D eigenvalue weighted by molar-refractivity contribution is -0.137. The molecule has 0 radical (unpaired) electrons. The summed E-state index contributed by atoms with van der Waals surface area (Å²) in [6.07, 6.45) is -2.76. The van der Waals surface area contributed by atoms with Crippen molar-refractivity contribution in [2.45, 2.75) is 32.0 Å². The van der Waals surface area contributed by atoms with Crippen LogP contribution in [0.5, 0.6) is 5.75 Å². The number of rotatable bonds is 3. The highest BCUT2D eigenvalue weighted by molar-refractivity contribution is 5.94. The number of carbonyl (C=O) groups is 1. The van der Waals surface area contributed by atoms with Crippen molar-refractivity contribution in [1.29, 1.82) is 0 Å². The SMILES string of the molecule is CC(=O)c1cc(OC2CC2)cc(C(F)(F)F)c1. The smallest absolute Gasteiger partial charge is 0.416 e. The Morgan fingerprint density at radius 3 is 2.41 bits per heavy atom. The zero-order valence-corrected chi connectivity index (χ0v) is 9.17. The van der Waals surface area contributed by atoms with Crippen LogP contribution in [0.4, 0.5) is 13.2 Å². The van der Waals surface area contributed by atoms with Crippen LogP contribution in [0.1, 0.15) is 35.7 Å². The molecule has 0 aliphatic heterocycles. The molecular weight excluding hydrogens is 233 g/mol. The highest BCUT2D eigenvalue weighted by Gasteiger charge is 2.32. The van der Waals surface area contributed by atoms with Crippen LogP contribution in [-0.2, 0) is 6.18 Å². The molecule has 0 unspecified atom stereocenters. The first-order chi connectivity index (χ1) is 7.86. The first-order valence-corrected chi connectivity index (χ1v) is 5.26. The molecule has 5 heteroatoms. The minimum atomic E-state index is -4.47. The maximum Gasteiger partial charge on any atom is 0.416 e. The van der Waals surface area contributed by atoms with Gasteiger partial charge in [-0.2, -0.15) is 13.2 Å². The van der Waals surface area contributed by atoms with E-state index in [1.807, 2.05) is 0 Å². The zero-order valence-electron chi connectivity index (χ0n) is 9.17. The van der Waals surface area contributed by atoms with Crippen LogP contribution in [-0.4, -0.2) is 11.9 Å². The summed E-state index contributed by atoms with van der Waals surface area (Å²) in [5, 5.41) is 0. The van der Waals surface area contributed by atoms with Gasteiger partial charge in [0.25, 0.3) is 0 Å². The van der Waals surface area contributed by atoms with Crippen molar-refractivity contribution < 1.29 is 22.7 Å². The summed E-state index contributed by atoms with van der Waals surface area (Å²) in [5.41, 5.74) is -0.823. The van der Waals surface area contributed by atoms with E-state index in [-0.39, 0.29) is 17.4 Å². The van der Waals surface area contributed by atoms with E-state index in [2.05, 4.69) is 0 Å². The van der Waals surface area contributed by atoms with Gasteiger partial charge >= 0.3 is 6.18 Å². The summed E-state index contributed by atoms with van der Waals surface area (Å²) in [7, 11) is 0. The average molecular weight is 244 g/mol. The van der Waals surface area contributed by atoms with E-state index >= 15 is 0 Å². The number of Topliss-reactive ketones (excluding diaryl/α,β-unsaturated/α-hetero) is 1. The van der Waals surface area contributed by atoms with Gasteiger partial charge in [-0.25, -0.2) is 0 Å². The lowest BCUT2D eigenvalue weighted by Crippen LogP contribution is -2.08. The van der Waals surface area contributed by atoms with Gasteiger partial charge in [0.05, 0.1) is 11.7 Å². The van der Waals surface area contributed by atoms with E-state index in [4.69, 9.17) is 4.74 Å². The highest BCUT2D eigenvalue weighted by Crippen LogP contribution is 2.34. The predicted molar refractivity (Wildman–Crippen MR) is 55.1 cm³/mol.